The van der Waals surface area contributed by atoms with Crippen molar-refractivity contribution in [3.63, 3.8) is 0 Å². The number of aryl methyl sites for hydroxylation is 1. The number of Topliss-reactive ketones (excluding diaryl/α,β-unsaturated/α-hetero) is 1. The Labute approximate surface area is 159 Å². The van der Waals surface area contributed by atoms with Crippen LogP contribution in [0.1, 0.15) is 54.1 Å². The first kappa shape index (κ1) is 19.1. The molecule has 1 fully saturated rings. The first-order chi connectivity index (χ1) is 13.0. The number of carbonyl (C=O) groups excluding carboxylic acids is 2. The summed E-state index contributed by atoms with van der Waals surface area (Å²) in [6.45, 7) is 1.82. The Morgan fingerprint density at radius 3 is 2.37 bits per heavy atom. The van der Waals surface area contributed by atoms with Crippen LogP contribution in [-0.4, -0.2) is 34.2 Å². The molecule has 1 heterocycles. The molecule has 142 valence electrons. The van der Waals surface area contributed by atoms with E-state index >= 15 is 0 Å². The lowest BCUT2D eigenvalue weighted by Crippen LogP contribution is -2.46. The van der Waals surface area contributed by atoms with Crippen LogP contribution in [-0.2, 0) is 4.79 Å². The average molecular weight is 366 g/mol. The van der Waals surface area contributed by atoms with Crippen LogP contribution < -0.4 is 5.56 Å². The van der Waals surface area contributed by atoms with Crippen molar-refractivity contribution >= 4 is 11.7 Å². The number of hydrogen-bond donors (Lipinski definition) is 0. The van der Waals surface area contributed by atoms with Gasteiger partial charge in [0.1, 0.15) is 0 Å². The van der Waals surface area contributed by atoms with Crippen LogP contribution in [0.15, 0.2) is 53.5 Å². The Hall–Kier alpha value is -2.69. The SMILES string of the molecule is Cc1ccn([C@H](C(=O)c2ccccc2)C(=O)N(C)C2CCCCC2)c(=O)c1. The van der Waals surface area contributed by atoms with E-state index in [4.69, 9.17) is 0 Å². The highest BCUT2D eigenvalue weighted by atomic mass is 16.2. The fraction of sp³-hybridized carbons (Fsp3) is 0.409. The second kappa shape index (κ2) is 8.33. The molecule has 3 rings (SSSR count). The molecule has 1 aliphatic carbocycles. The van der Waals surface area contributed by atoms with Gasteiger partial charge < -0.3 is 4.90 Å². The summed E-state index contributed by atoms with van der Waals surface area (Å²) in [6, 6.07) is 10.9. The Balaban J connectivity index is 2.00. The molecule has 5 nitrogen and oxygen atoms in total. The lowest BCUT2D eigenvalue weighted by Gasteiger charge is -2.33. The number of aromatic nitrogens is 1. The molecule has 27 heavy (non-hydrogen) atoms. The maximum absolute atomic E-state index is 13.3. The van der Waals surface area contributed by atoms with Crippen LogP contribution in [0.5, 0.6) is 0 Å². The summed E-state index contributed by atoms with van der Waals surface area (Å²) in [5, 5.41) is 0. The van der Waals surface area contributed by atoms with E-state index in [9.17, 15) is 14.4 Å². The van der Waals surface area contributed by atoms with Crippen molar-refractivity contribution in [3.05, 3.63) is 70.1 Å². The van der Waals surface area contributed by atoms with E-state index in [2.05, 4.69) is 0 Å². The van der Waals surface area contributed by atoms with E-state index in [1.54, 1.807) is 48.5 Å². The van der Waals surface area contributed by atoms with Gasteiger partial charge in [-0.15, -0.1) is 0 Å². The van der Waals surface area contributed by atoms with Gasteiger partial charge in [0.25, 0.3) is 11.5 Å². The highest BCUT2D eigenvalue weighted by Crippen LogP contribution is 2.25. The smallest absolute Gasteiger partial charge is 0.253 e. The number of nitrogens with zero attached hydrogens (tertiary/aromatic N) is 2. The molecule has 0 unspecified atom stereocenters. The number of hydrogen-bond acceptors (Lipinski definition) is 3. The molecule has 0 N–H and O–H groups in total. The Morgan fingerprint density at radius 1 is 1.07 bits per heavy atom. The third-order valence-electron chi connectivity index (χ3n) is 5.39. The van der Waals surface area contributed by atoms with E-state index in [0.717, 1.165) is 31.2 Å². The molecule has 1 atom stereocenters. The third kappa shape index (κ3) is 4.18. The molecular weight excluding hydrogens is 340 g/mol. The van der Waals surface area contributed by atoms with Gasteiger partial charge in [0, 0.05) is 30.9 Å². The van der Waals surface area contributed by atoms with Gasteiger partial charge in [0.05, 0.1) is 0 Å². The van der Waals surface area contributed by atoms with Crippen LogP contribution in [0.3, 0.4) is 0 Å². The van der Waals surface area contributed by atoms with Crippen LogP contribution in [0.2, 0.25) is 0 Å². The summed E-state index contributed by atoms with van der Waals surface area (Å²) >= 11 is 0. The van der Waals surface area contributed by atoms with Crippen molar-refractivity contribution in [2.24, 2.45) is 0 Å². The summed E-state index contributed by atoms with van der Waals surface area (Å²) in [5.41, 5.74) is 0.894. The largest absolute Gasteiger partial charge is 0.341 e. The van der Waals surface area contributed by atoms with Crippen LogP contribution in [0.25, 0.3) is 0 Å². The zero-order chi connectivity index (χ0) is 19.4. The minimum atomic E-state index is -1.17. The van der Waals surface area contributed by atoms with Gasteiger partial charge >= 0.3 is 0 Å². The fourth-order valence-corrected chi connectivity index (χ4v) is 3.76. The van der Waals surface area contributed by atoms with Crippen LogP contribution in [0.4, 0.5) is 0 Å². The lowest BCUT2D eigenvalue weighted by molar-refractivity contribution is -0.134. The van der Waals surface area contributed by atoms with Crippen molar-refractivity contribution in [1.29, 1.82) is 0 Å². The zero-order valence-electron chi connectivity index (χ0n) is 15.9. The Bertz CT molecular complexity index is 867. The number of rotatable bonds is 5. The first-order valence-corrected chi connectivity index (χ1v) is 9.54. The normalized spacial score (nSPS) is 15.9. The number of pyridine rings is 1. The van der Waals surface area contributed by atoms with E-state index in [1.165, 1.54) is 17.1 Å². The first-order valence-electron chi connectivity index (χ1n) is 9.54. The van der Waals surface area contributed by atoms with Gasteiger partial charge in [-0.25, -0.2) is 0 Å². The van der Waals surface area contributed by atoms with Gasteiger partial charge in [-0.3, -0.25) is 19.0 Å². The monoisotopic (exact) mass is 366 g/mol. The van der Waals surface area contributed by atoms with Gasteiger partial charge in [-0.1, -0.05) is 49.6 Å². The predicted molar refractivity (Wildman–Crippen MR) is 105 cm³/mol. The van der Waals surface area contributed by atoms with Crippen molar-refractivity contribution in [2.75, 3.05) is 7.05 Å². The van der Waals surface area contributed by atoms with E-state index in [-0.39, 0.29) is 23.3 Å². The molecule has 1 aliphatic rings. The zero-order valence-corrected chi connectivity index (χ0v) is 15.9. The summed E-state index contributed by atoms with van der Waals surface area (Å²) in [5.74, 6) is -0.670. The third-order valence-corrected chi connectivity index (χ3v) is 5.39. The van der Waals surface area contributed by atoms with Crippen molar-refractivity contribution in [1.82, 2.24) is 9.47 Å². The van der Waals surface area contributed by atoms with E-state index in [1.807, 2.05) is 13.0 Å². The van der Waals surface area contributed by atoms with Gasteiger partial charge in [-0.05, 0) is 31.4 Å². The van der Waals surface area contributed by atoms with Crippen LogP contribution in [0, 0.1) is 6.92 Å². The second-order valence-electron chi connectivity index (χ2n) is 7.32. The number of amides is 1. The minimum Gasteiger partial charge on any atom is -0.341 e. The van der Waals surface area contributed by atoms with Gasteiger partial charge in [0.15, 0.2) is 11.8 Å². The second-order valence-corrected chi connectivity index (χ2v) is 7.32. The average Bonchev–Trinajstić information content (AvgIpc) is 2.70. The number of ketones is 1. The summed E-state index contributed by atoms with van der Waals surface area (Å²) in [6.07, 6.45) is 6.79. The summed E-state index contributed by atoms with van der Waals surface area (Å²) < 4.78 is 1.27. The Morgan fingerprint density at radius 2 is 1.74 bits per heavy atom. The molecule has 1 aromatic carbocycles. The number of benzene rings is 1. The minimum absolute atomic E-state index is 0.124. The van der Waals surface area contributed by atoms with Crippen molar-refractivity contribution in [3.8, 4) is 0 Å². The quantitative estimate of drug-likeness (QED) is 0.602. The number of likely N-dealkylation sites (N-methyl/N-ethyl adjacent to an activating group) is 1. The molecule has 0 aliphatic heterocycles. The maximum atomic E-state index is 13.3. The lowest BCUT2D eigenvalue weighted by atomic mass is 9.93. The summed E-state index contributed by atoms with van der Waals surface area (Å²) in [7, 11) is 1.75. The molecule has 0 spiro atoms. The molecule has 0 bridgehead atoms. The molecule has 1 amide bonds. The predicted octanol–water partition coefficient (Wildman–Crippen LogP) is 3.37. The highest BCUT2D eigenvalue weighted by molar-refractivity contribution is 6.11. The van der Waals surface area contributed by atoms with E-state index in [0.29, 0.717) is 5.56 Å². The van der Waals surface area contributed by atoms with E-state index < -0.39 is 6.04 Å². The molecular formula is C22H26N2O3. The molecule has 5 heteroatoms. The molecule has 2 aromatic rings. The van der Waals surface area contributed by atoms with Crippen molar-refractivity contribution in [2.45, 2.75) is 51.1 Å². The van der Waals surface area contributed by atoms with Crippen LogP contribution >= 0.6 is 0 Å². The maximum Gasteiger partial charge on any atom is 0.253 e. The van der Waals surface area contributed by atoms with Crippen molar-refractivity contribution < 1.29 is 9.59 Å². The summed E-state index contributed by atoms with van der Waals surface area (Å²) in [4.78, 5) is 40.8. The Kier molecular flexibility index (Phi) is 5.89. The fourth-order valence-electron chi connectivity index (χ4n) is 3.76. The standard InChI is InChI=1S/C22H26N2O3/c1-16-13-14-24(19(25)15-16)20(21(26)17-9-5-3-6-10-17)22(27)23(2)18-11-7-4-8-12-18/h3,5-6,9-10,13-15,18,20H,4,7-8,11-12H2,1-2H3/t20-/m1/s1. The highest BCUT2D eigenvalue weighted by Gasteiger charge is 2.35. The molecule has 1 saturated carbocycles. The molecule has 0 saturated heterocycles. The number of carbonyl (C=O) groups is 2. The molecule has 1 aromatic heterocycles. The molecule has 0 radical (unpaired) electrons. The topological polar surface area (TPSA) is 59.4 Å². The van der Waals surface area contributed by atoms with Gasteiger partial charge in [-0.2, -0.15) is 0 Å². The van der Waals surface area contributed by atoms with Gasteiger partial charge in [0.2, 0.25) is 0 Å².